The zero-order valence-corrected chi connectivity index (χ0v) is 16.4. The number of rotatable bonds is 6. The van der Waals surface area contributed by atoms with Crippen molar-refractivity contribution in [2.24, 2.45) is 0 Å². The average molecular weight is 410 g/mol. The molecule has 0 spiro atoms. The molecular weight excluding hydrogens is 388 g/mol. The van der Waals surface area contributed by atoms with Gasteiger partial charge in [0.2, 0.25) is 6.10 Å². The molecule has 1 atom stereocenters. The van der Waals surface area contributed by atoms with E-state index in [1.165, 1.54) is 4.57 Å². The van der Waals surface area contributed by atoms with Crippen LogP contribution in [0.1, 0.15) is 18.1 Å². The van der Waals surface area contributed by atoms with Crippen molar-refractivity contribution in [3.63, 3.8) is 0 Å². The molecule has 0 unspecified atom stereocenters. The molecule has 8 heteroatoms. The molecule has 1 aromatic heterocycles. The molecule has 30 heavy (non-hydrogen) atoms. The van der Waals surface area contributed by atoms with Crippen molar-refractivity contribution in [2.45, 2.75) is 19.1 Å². The fourth-order valence-corrected chi connectivity index (χ4v) is 3.46. The van der Waals surface area contributed by atoms with Crippen LogP contribution in [-0.4, -0.2) is 47.6 Å². The Balaban J connectivity index is 1.48. The average Bonchev–Trinajstić information content (AvgIpc) is 3.11. The van der Waals surface area contributed by atoms with Crippen molar-refractivity contribution in [1.82, 2.24) is 9.47 Å². The number of morpholine rings is 1. The van der Waals surface area contributed by atoms with Gasteiger partial charge in [0.1, 0.15) is 0 Å². The van der Waals surface area contributed by atoms with Crippen LogP contribution in [0.5, 0.6) is 0 Å². The van der Waals surface area contributed by atoms with Crippen LogP contribution < -0.4 is 5.76 Å². The lowest BCUT2D eigenvalue weighted by molar-refractivity contribution is -0.163. The van der Waals surface area contributed by atoms with E-state index in [0.717, 1.165) is 0 Å². The van der Waals surface area contributed by atoms with Gasteiger partial charge in [-0.15, -0.1) is 0 Å². The normalized spacial score (nSPS) is 15.1. The molecule has 3 aromatic rings. The number of aryl methyl sites for hydroxylation is 1. The third-order valence-electron chi connectivity index (χ3n) is 5.01. The number of nitrogens with zero attached hydrogens (tertiary/aromatic N) is 2. The first-order chi connectivity index (χ1) is 14.6. The summed E-state index contributed by atoms with van der Waals surface area (Å²) in [5, 5.41) is 0. The summed E-state index contributed by atoms with van der Waals surface area (Å²) >= 11 is 0. The van der Waals surface area contributed by atoms with Crippen molar-refractivity contribution < 1.29 is 23.5 Å². The molecule has 1 saturated heterocycles. The van der Waals surface area contributed by atoms with Gasteiger partial charge in [-0.2, -0.15) is 0 Å². The molecule has 0 bridgehead atoms. The molecule has 156 valence electrons. The van der Waals surface area contributed by atoms with E-state index in [1.807, 2.05) is 6.07 Å². The monoisotopic (exact) mass is 410 g/mol. The number of para-hydroxylation sites is 2. The highest BCUT2D eigenvalue weighted by Gasteiger charge is 2.30. The van der Waals surface area contributed by atoms with Crippen LogP contribution in [-0.2, 0) is 25.6 Å². The summed E-state index contributed by atoms with van der Waals surface area (Å²) in [4.78, 5) is 39.3. The van der Waals surface area contributed by atoms with E-state index >= 15 is 0 Å². The summed E-state index contributed by atoms with van der Waals surface area (Å²) in [6.45, 7) is 1.92. The van der Waals surface area contributed by atoms with Crippen molar-refractivity contribution >= 4 is 23.0 Å². The van der Waals surface area contributed by atoms with Gasteiger partial charge in [-0.05, 0) is 12.1 Å². The Hall–Kier alpha value is -3.39. The Morgan fingerprint density at radius 3 is 2.47 bits per heavy atom. The number of benzene rings is 2. The molecule has 4 rings (SSSR count). The second-order valence-corrected chi connectivity index (χ2v) is 6.96. The molecule has 2 aromatic carbocycles. The molecule has 0 N–H and O–H groups in total. The Labute approximate surface area is 172 Å². The topological polar surface area (TPSA) is 91.0 Å². The van der Waals surface area contributed by atoms with Crippen LogP contribution >= 0.6 is 0 Å². The number of hydrogen-bond donors (Lipinski definition) is 0. The first-order valence-corrected chi connectivity index (χ1v) is 9.83. The van der Waals surface area contributed by atoms with E-state index in [-0.39, 0.29) is 18.9 Å². The van der Waals surface area contributed by atoms with Crippen LogP contribution in [0.4, 0.5) is 0 Å². The Bertz CT molecular complexity index is 1080. The molecule has 0 radical (unpaired) electrons. The highest BCUT2D eigenvalue weighted by Crippen LogP contribution is 2.22. The largest absolute Gasteiger partial charge is 0.447 e. The maximum Gasteiger partial charge on any atom is 0.419 e. The summed E-state index contributed by atoms with van der Waals surface area (Å²) in [5.74, 6) is -1.38. The smallest absolute Gasteiger partial charge is 0.419 e. The number of amides is 1. The molecule has 0 saturated carbocycles. The van der Waals surface area contributed by atoms with Gasteiger partial charge in [0, 0.05) is 25.2 Å². The van der Waals surface area contributed by atoms with E-state index in [2.05, 4.69) is 0 Å². The third-order valence-corrected chi connectivity index (χ3v) is 5.01. The predicted molar refractivity (Wildman–Crippen MR) is 108 cm³/mol. The lowest BCUT2D eigenvalue weighted by Crippen LogP contribution is -2.44. The maximum atomic E-state index is 13.0. The molecule has 1 amide bonds. The van der Waals surface area contributed by atoms with E-state index in [1.54, 1.807) is 53.4 Å². The lowest BCUT2D eigenvalue weighted by Gasteiger charge is -2.30. The van der Waals surface area contributed by atoms with Crippen LogP contribution in [0.25, 0.3) is 11.1 Å². The van der Waals surface area contributed by atoms with Gasteiger partial charge in [-0.1, -0.05) is 42.5 Å². The number of esters is 1. The highest BCUT2D eigenvalue weighted by molar-refractivity contribution is 5.85. The second-order valence-electron chi connectivity index (χ2n) is 6.96. The van der Waals surface area contributed by atoms with Crippen molar-refractivity contribution in [1.29, 1.82) is 0 Å². The standard InChI is InChI=1S/C22H22N2O6/c25-19(10-11-24-17-8-4-5-9-18(17)29-22(24)27)30-20(16-6-2-1-3-7-16)21(26)23-12-14-28-15-13-23/h1-9,20H,10-15H2/t20-/m0/s1. The molecule has 0 aliphatic carbocycles. The van der Waals surface area contributed by atoms with Gasteiger partial charge in [-0.25, -0.2) is 4.79 Å². The number of oxazole rings is 1. The molecular formula is C22H22N2O6. The fourth-order valence-electron chi connectivity index (χ4n) is 3.46. The number of aromatic nitrogens is 1. The van der Waals surface area contributed by atoms with Crippen molar-refractivity contribution in [3.05, 3.63) is 70.7 Å². The molecule has 1 aliphatic heterocycles. The Kier molecular flexibility index (Phi) is 5.94. The van der Waals surface area contributed by atoms with Crippen LogP contribution in [0, 0.1) is 0 Å². The lowest BCUT2D eigenvalue weighted by atomic mass is 10.1. The number of ether oxygens (including phenoxy) is 2. The quantitative estimate of drug-likeness (QED) is 0.578. The Morgan fingerprint density at radius 1 is 1.00 bits per heavy atom. The van der Waals surface area contributed by atoms with Crippen molar-refractivity contribution in [3.8, 4) is 0 Å². The summed E-state index contributed by atoms with van der Waals surface area (Å²) in [6, 6.07) is 15.9. The zero-order valence-electron chi connectivity index (χ0n) is 16.4. The molecule has 8 nitrogen and oxygen atoms in total. The van der Waals surface area contributed by atoms with E-state index in [4.69, 9.17) is 13.9 Å². The number of carbonyl (C=O) groups is 2. The Morgan fingerprint density at radius 2 is 1.70 bits per heavy atom. The zero-order chi connectivity index (χ0) is 20.9. The summed E-state index contributed by atoms with van der Waals surface area (Å²) in [5.41, 5.74) is 1.67. The van der Waals surface area contributed by atoms with Gasteiger partial charge in [0.15, 0.2) is 5.58 Å². The third kappa shape index (κ3) is 4.28. The number of carbonyl (C=O) groups excluding carboxylic acids is 2. The fraction of sp³-hybridized carbons (Fsp3) is 0.318. The van der Waals surface area contributed by atoms with Gasteiger partial charge >= 0.3 is 11.7 Å². The SMILES string of the molecule is O=C(CCn1c(=O)oc2ccccc21)O[C@H](C(=O)N1CCOCC1)c1ccccc1. The van der Waals surface area contributed by atoms with Gasteiger partial charge in [0.05, 0.1) is 25.2 Å². The van der Waals surface area contributed by atoms with Crippen LogP contribution in [0.15, 0.2) is 63.8 Å². The summed E-state index contributed by atoms with van der Waals surface area (Å²) < 4.78 is 17.5. The first-order valence-electron chi connectivity index (χ1n) is 9.83. The first kappa shape index (κ1) is 19.9. The maximum absolute atomic E-state index is 13.0. The van der Waals surface area contributed by atoms with Gasteiger partial charge in [0.25, 0.3) is 5.91 Å². The molecule has 1 aliphatic rings. The van der Waals surface area contributed by atoms with E-state index in [0.29, 0.717) is 43.0 Å². The highest BCUT2D eigenvalue weighted by atomic mass is 16.5. The van der Waals surface area contributed by atoms with E-state index < -0.39 is 17.8 Å². The van der Waals surface area contributed by atoms with E-state index in [9.17, 15) is 14.4 Å². The minimum atomic E-state index is -1.03. The summed E-state index contributed by atoms with van der Waals surface area (Å²) in [7, 11) is 0. The summed E-state index contributed by atoms with van der Waals surface area (Å²) in [6.07, 6.45) is -1.10. The number of hydrogen-bond acceptors (Lipinski definition) is 6. The number of fused-ring (bicyclic) bond motifs is 1. The van der Waals surface area contributed by atoms with Crippen LogP contribution in [0.2, 0.25) is 0 Å². The predicted octanol–water partition coefficient (Wildman–Crippen LogP) is 2.13. The molecule has 1 fully saturated rings. The van der Waals surface area contributed by atoms with Gasteiger partial charge in [-0.3, -0.25) is 14.2 Å². The van der Waals surface area contributed by atoms with Crippen molar-refractivity contribution in [2.75, 3.05) is 26.3 Å². The minimum absolute atomic E-state index is 0.0663. The van der Waals surface area contributed by atoms with Gasteiger partial charge < -0.3 is 18.8 Å². The van der Waals surface area contributed by atoms with Crippen LogP contribution in [0.3, 0.4) is 0 Å². The minimum Gasteiger partial charge on any atom is -0.447 e. The second kappa shape index (κ2) is 8.96. The molecule has 2 heterocycles.